The monoisotopic (exact) mass is 495 g/mol. The molecule has 0 unspecified atom stereocenters. The van der Waals surface area contributed by atoms with Crippen LogP contribution in [0.5, 0.6) is 0 Å². The Morgan fingerprint density at radius 1 is 0.857 bits per heavy atom. The van der Waals surface area contributed by atoms with Crippen LogP contribution >= 0.6 is 11.8 Å². The molecule has 0 amide bonds. The van der Waals surface area contributed by atoms with Crippen LogP contribution in [-0.2, 0) is 17.8 Å². The minimum Gasteiger partial charge on any atom is -0.379 e. The molecule has 0 atom stereocenters. The Hall–Kier alpha value is -2.26. The molecule has 2 aromatic carbocycles. The van der Waals surface area contributed by atoms with Crippen LogP contribution in [0.2, 0.25) is 0 Å². The second-order valence-corrected chi connectivity index (χ2v) is 10.5. The Kier molecular flexibility index (Phi) is 8.46. The van der Waals surface area contributed by atoms with E-state index in [4.69, 9.17) is 9.84 Å². The molecule has 5 rings (SSSR count). The highest BCUT2D eigenvalue weighted by molar-refractivity contribution is 7.99. The first-order valence-electron chi connectivity index (χ1n) is 12.6. The summed E-state index contributed by atoms with van der Waals surface area (Å²) >= 11 is 1.81. The zero-order valence-electron chi connectivity index (χ0n) is 20.2. The van der Waals surface area contributed by atoms with Crippen LogP contribution in [-0.4, -0.2) is 76.3 Å². The van der Waals surface area contributed by atoms with Gasteiger partial charge in [0.25, 0.3) is 0 Å². The lowest BCUT2D eigenvalue weighted by atomic mass is 9.95. The summed E-state index contributed by atoms with van der Waals surface area (Å²) in [6.45, 7) is 8.29. The Morgan fingerprint density at radius 3 is 2.40 bits per heavy atom. The van der Waals surface area contributed by atoms with Crippen LogP contribution in [0.15, 0.2) is 59.8 Å². The number of ether oxygens (including phenoxy) is 1. The zero-order valence-corrected chi connectivity index (χ0v) is 21.0. The molecule has 2 aliphatic rings. The Bertz CT molecular complexity index is 1060. The van der Waals surface area contributed by atoms with E-state index in [0.29, 0.717) is 5.92 Å². The van der Waals surface area contributed by atoms with Crippen molar-refractivity contribution in [3.63, 3.8) is 0 Å². The molecule has 0 spiro atoms. The van der Waals surface area contributed by atoms with E-state index in [1.807, 2.05) is 17.8 Å². The smallest absolute Gasteiger partial charge is 0.191 e. The van der Waals surface area contributed by atoms with Gasteiger partial charge in [-0.15, -0.1) is 10.2 Å². The standard InChI is InChI=1S/C27H34FN5OS/c28-25-8-4-7-23(19-25)20-32-11-9-24(10-12-32)26-29-30-27(33(26)21-22-5-2-1-3-6-22)35-18-15-31-13-16-34-17-14-31/h1-8,19,24H,9-18,20-21H2. The van der Waals surface area contributed by atoms with Gasteiger partial charge in [0, 0.05) is 37.8 Å². The fourth-order valence-electron chi connectivity index (χ4n) is 4.96. The summed E-state index contributed by atoms with van der Waals surface area (Å²) in [4.78, 5) is 4.88. The highest BCUT2D eigenvalue weighted by atomic mass is 32.2. The van der Waals surface area contributed by atoms with Crippen LogP contribution in [0.3, 0.4) is 0 Å². The van der Waals surface area contributed by atoms with Crippen molar-refractivity contribution < 1.29 is 9.13 Å². The van der Waals surface area contributed by atoms with Gasteiger partial charge in [0.1, 0.15) is 11.6 Å². The van der Waals surface area contributed by atoms with Crippen molar-refractivity contribution >= 4 is 11.8 Å². The molecule has 3 aromatic rings. The van der Waals surface area contributed by atoms with Gasteiger partial charge >= 0.3 is 0 Å². The number of aromatic nitrogens is 3. The van der Waals surface area contributed by atoms with E-state index >= 15 is 0 Å². The molecule has 2 fully saturated rings. The van der Waals surface area contributed by atoms with E-state index < -0.39 is 0 Å². The number of rotatable bonds is 9. The summed E-state index contributed by atoms with van der Waals surface area (Å²) in [5.41, 5.74) is 2.31. The van der Waals surface area contributed by atoms with E-state index in [0.717, 1.165) is 94.2 Å². The summed E-state index contributed by atoms with van der Waals surface area (Å²) in [5.74, 6) is 2.33. The van der Waals surface area contributed by atoms with Gasteiger partial charge in [0.05, 0.1) is 19.8 Å². The number of likely N-dealkylation sites (tertiary alicyclic amines) is 1. The van der Waals surface area contributed by atoms with Crippen LogP contribution in [0.25, 0.3) is 0 Å². The molecule has 2 saturated heterocycles. The summed E-state index contributed by atoms with van der Waals surface area (Å²) < 4.78 is 21.4. The molecule has 8 heteroatoms. The maximum Gasteiger partial charge on any atom is 0.191 e. The predicted octanol–water partition coefficient (Wildman–Crippen LogP) is 4.27. The van der Waals surface area contributed by atoms with Crippen LogP contribution < -0.4 is 0 Å². The molecule has 0 bridgehead atoms. The van der Waals surface area contributed by atoms with Crippen molar-refractivity contribution in [2.24, 2.45) is 0 Å². The first kappa shape index (κ1) is 24.4. The second-order valence-electron chi connectivity index (χ2n) is 9.40. The number of hydrogen-bond acceptors (Lipinski definition) is 6. The van der Waals surface area contributed by atoms with E-state index in [-0.39, 0.29) is 5.82 Å². The van der Waals surface area contributed by atoms with E-state index in [1.54, 1.807) is 12.1 Å². The molecular weight excluding hydrogens is 461 g/mol. The fraction of sp³-hybridized carbons (Fsp3) is 0.481. The summed E-state index contributed by atoms with van der Waals surface area (Å²) in [7, 11) is 0. The topological polar surface area (TPSA) is 46.4 Å². The summed E-state index contributed by atoms with van der Waals surface area (Å²) in [6.07, 6.45) is 2.08. The number of halogens is 1. The number of benzene rings is 2. The molecule has 1 aromatic heterocycles. The lowest BCUT2D eigenvalue weighted by molar-refractivity contribution is 0.0410. The lowest BCUT2D eigenvalue weighted by Gasteiger charge is -2.31. The normalized spacial score (nSPS) is 18.2. The molecule has 35 heavy (non-hydrogen) atoms. The molecule has 6 nitrogen and oxygen atoms in total. The van der Waals surface area contributed by atoms with Gasteiger partial charge in [-0.1, -0.05) is 54.2 Å². The zero-order chi connectivity index (χ0) is 23.9. The highest BCUT2D eigenvalue weighted by Gasteiger charge is 2.26. The molecule has 3 heterocycles. The number of thioether (sulfide) groups is 1. The lowest BCUT2D eigenvalue weighted by Crippen LogP contribution is -2.37. The van der Waals surface area contributed by atoms with Crippen LogP contribution in [0, 0.1) is 5.82 Å². The van der Waals surface area contributed by atoms with Gasteiger partial charge in [0.2, 0.25) is 0 Å². The van der Waals surface area contributed by atoms with Crippen molar-refractivity contribution in [1.29, 1.82) is 0 Å². The minimum absolute atomic E-state index is 0.162. The highest BCUT2D eigenvalue weighted by Crippen LogP contribution is 2.31. The molecular formula is C27H34FN5OS. The van der Waals surface area contributed by atoms with Gasteiger partial charge < -0.3 is 9.30 Å². The first-order chi connectivity index (χ1) is 17.2. The van der Waals surface area contributed by atoms with Gasteiger partial charge in [0.15, 0.2) is 5.16 Å². The van der Waals surface area contributed by atoms with Crippen molar-refractivity contribution in [2.75, 3.05) is 51.7 Å². The van der Waals surface area contributed by atoms with Crippen molar-refractivity contribution in [3.8, 4) is 0 Å². The average Bonchev–Trinajstić information content (AvgIpc) is 3.28. The third-order valence-electron chi connectivity index (χ3n) is 6.92. The number of hydrogen-bond donors (Lipinski definition) is 0. The SMILES string of the molecule is Fc1cccc(CN2CCC(c3nnc(SCCN4CCOCC4)n3Cc3ccccc3)CC2)c1. The average molecular weight is 496 g/mol. The molecule has 186 valence electrons. The van der Waals surface area contributed by atoms with Gasteiger partial charge in [-0.05, 0) is 49.2 Å². The van der Waals surface area contributed by atoms with Crippen molar-refractivity contribution in [1.82, 2.24) is 24.6 Å². The fourth-order valence-corrected chi connectivity index (χ4v) is 5.90. The van der Waals surface area contributed by atoms with E-state index in [9.17, 15) is 4.39 Å². The molecule has 0 radical (unpaired) electrons. The Labute approximate surface area is 211 Å². The summed E-state index contributed by atoms with van der Waals surface area (Å²) in [6, 6.07) is 17.5. The van der Waals surface area contributed by atoms with Gasteiger partial charge in [-0.25, -0.2) is 4.39 Å². The maximum absolute atomic E-state index is 13.6. The Morgan fingerprint density at radius 2 is 1.63 bits per heavy atom. The predicted molar refractivity (Wildman–Crippen MR) is 137 cm³/mol. The van der Waals surface area contributed by atoms with Crippen LogP contribution in [0.1, 0.15) is 35.7 Å². The van der Waals surface area contributed by atoms with E-state index in [1.165, 1.54) is 11.6 Å². The molecule has 0 N–H and O–H groups in total. The molecule has 2 aliphatic heterocycles. The maximum atomic E-state index is 13.6. The third-order valence-corrected chi connectivity index (χ3v) is 7.87. The molecule has 0 saturated carbocycles. The second kappa shape index (κ2) is 12.1. The molecule has 0 aliphatic carbocycles. The van der Waals surface area contributed by atoms with Crippen molar-refractivity contribution in [3.05, 3.63) is 77.4 Å². The van der Waals surface area contributed by atoms with Gasteiger partial charge in [-0.2, -0.15) is 0 Å². The quantitative estimate of drug-likeness (QED) is 0.413. The van der Waals surface area contributed by atoms with Gasteiger partial charge in [-0.3, -0.25) is 9.80 Å². The minimum atomic E-state index is -0.162. The third kappa shape index (κ3) is 6.70. The number of nitrogens with zero attached hydrogens (tertiary/aromatic N) is 5. The van der Waals surface area contributed by atoms with Crippen molar-refractivity contribution in [2.45, 2.75) is 37.0 Å². The number of piperidine rings is 1. The number of morpholine rings is 1. The first-order valence-corrected chi connectivity index (χ1v) is 13.6. The largest absolute Gasteiger partial charge is 0.379 e. The Balaban J connectivity index is 1.24. The van der Waals surface area contributed by atoms with Crippen LogP contribution in [0.4, 0.5) is 4.39 Å². The summed E-state index contributed by atoms with van der Waals surface area (Å²) in [5, 5.41) is 10.4. The van der Waals surface area contributed by atoms with E-state index in [2.05, 4.69) is 49.8 Å².